The van der Waals surface area contributed by atoms with Gasteiger partial charge in [0, 0.05) is 17.2 Å². The van der Waals surface area contributed by atoms with Crippen LogP contribution in [0.25, 0.3) is 0 Å². The Balaban J connectivity index is 1.69. The maximum absolute atomic E-state index is 11.3. The molecule has 2 N–H and O–H groups in total. The van der Waals surface area contributed by atoms with Gasteiger partial charge in [-0.1, -0.05) is 18.9 Å². The fourth-order valence-electron chi connectivity index (χ4n) is 6.77. The highest BCUT2D eigenvalue weighted by atomic mass is 35.5. The first-order chi connectivity index (χ1) is 11.5. The summed E-state index contributed by atoms with van der Waals surface area (Å²) in [5.74, 6) is 6.01. The number of aliphatic hydroxyl groups is 2. The van der Waals surface area contributed by atoms with Gasteiger partial charge in [-0.15, -0.1) is 0 Å². The predicted octanol–water partition coefficient (Wildman–Crippen LogP) is 4.93. The van der Waals surface area contributed by atoms with Gasteiger partial charge in [0.15, 0.2) is 0 Å². The number of allylic oxidation sites excluding steroid dienone is 4. The van der Waals surface area contributed by atoms with Crippen molar-refractivity contribution in [1.82, 2.24) is 0 Å². The Bertz CT molecular complexity index is 654. The molecule has 0 aromatic carbocycles. The molecular formula is C21H27ClO2. The van der Waals surface area contributed by atoms with E-state index in [0.29, 0.717) is 29.4 Å². The lowest BCUT2D eigenvalue weighted by atomic mass is 9.50. The topological polar surface area (TPSA) is 40.5 Å². The molecule has 3 heteroatoms. The molecule has 0 aromatic heterocycles. The summed E-state index contributed by atoms with van der Waals surface area (Å²) in [5, 5.41) is 23.6. The average molecular weight is 347 g/mol. The first kappa shape index (κ1) is 16.6. The Morgan fingerprint density at radius 2 is 2.08 bits per heavy atom. The van der Waals surface area contributed by atoms with E-state index in [1.165, 1.54) is 5.57 Å². The highest BCUT2D eigenvalue weighted by molar-refractivity contribution is 6.30. The van der Waals surface area contributed by atoms with Gasteiger partial charge in [0.25, 0.3) is 0 Å². The van der Waals surface area contributed by atoms with E-state index in [1.54, 1.807) is 0 Å². The molecule has 1 unspecified atom stereocenters. The lowest BCUT2D eigenvalue weighted by molar-refractivity contribution is -0.0945. The minimum absolute atomic E-state index is 0.0892. The Morgan fingerprint density at radius 3 is 2.83 bits per heavy atom. The fraction of sp³-hybridized carbons (Fsp3) is 0.714. The van der Waals surface area contributed by atoms with Crippen molar-refractivity contribution in [2.75, 3.05) is 0 Å². The zero-order valence-corrected chi connectivity index (χ0v) is 15.1. The van der Waals surface area contributed by atoms with Crippen LogP contribution in [0.4, 0.5) is 0 Å². The third-order valence-electron chi connectivity index (χ3n) is 7.84. The number of hydrogen-bond donors (Lipinski definition) is 2. The number of hydrogen-bond acceptors (Lipinski definition) is 2. The molecule has 0 heterocycles. The summed E-state index contributed by atoms with van der Waals surface area (Å²) in [5.41, 5.74) is 0.361. The second kappa shape index (κ2) is 5.82. The zero-order valence-electron chi connectivity index (χ0n) is 14.4. The van der Waals surface area contributed by atoms with E-state index in [2.05, 4.69) is 24.3 Å². The third-order valence-corrected chi connectivity index (χ3v) is 7.94. The summed E-state index contributed by atoms with van der Waals surface area (Å²) < 4.78 is 0. The van der Waals surface area contributed by atoms with Crippen LogP contribution in [0.5, 0.6) is 0 Å². The standard InChI is InChI=1S/C21H27ClO2/c1-2-20-9-7-17-16-6-4-15(23)13-14(16)3-5-18(17)19(20)8-10-21(20,24)11-12-22/h3,13,16-19,23-24H,2,4-10H2,1H3/t16-,17+,18+,19-,20?,21+/m0/s1. The van der Waals surface area contributed by atoms with E-state index in [0.717, 1.165) is 51.4 Å². The van der Waals surface area contributed by atoms with Crippen LogP contribution in [-0.4, -0.2) is 15.8 Å². The Labute approximate surface area is 150 Å². The minimum Gasteiger partial charge on any atom is -0.512 e. The van der Waals surface area contributed by atoms with Gasteiger partial charge in [-0.05, 0) is 91.9 Å². The molecule has 0 amide bonds. The SMILES string of the molecule is CCC12CC[C@H]3[C@@H](CC=C4C=C(O)CC[C@@H]43)[C@@H]1CC[C@@]2(O)C#CCl. The van der Waals surface area contributed by atoms with Crippen LogP contribution in [0.1, 0.15) is 58.3 Å². The molecule has 24 heavy (non-hydrogen) atoms. The van der Waals surface area contributed by atoms with Crippen LogP contribution in [-0.2, 0) is 0 Å². The molecule has 4 aliphatic rings. The van der Waals surface area contributed by atoms with E-state index < -0.39 is 5.60 Å². The molecule has 0 saturated heterocycles. The highest BCUT2D eigenvalue weighted by Crippen LogP contribution is 2.65. The summed E-state index contributed by atoms with van der Waals surface area (Å²) in [6.07, 6.45) is 12.4. The van der Waals surface area contributed by atoms with Crippen LogP contribution >= 0.6 is 11.6 Å². The molecule has 0 spiro atoms. The zero-order chi connectivity index (χ0) is 16.9. The van der Waals surface area contributed by atoms with E-state index in [4.69, 9.17) is 11.6 Å². The van der Waals surface area contributed by atoms with Crippen molar-refractivity contribution < 1.29 is 10.2 Å². The van der Waals surface area contributed by atoms with Gasteiger partial charge in [-0.2, -0.15) is 0 Å². The van der Waals surface area contributed by atoms with Gasteiger partial charge in [-0.25, -0.2) is 0 Å². The fourth-order valence-corrected chi connectivity index (χ4v) is 6.93. The van der Waals surface area contributed by atoms with Crippen molar-refractivity contribution in [3.8, 4) is 11.3 Å². The van der Waals surface area contributed by atoms with Gasteiger partial charge >= 0.3 is 0 Å². The average Bonchev–Trinajstić information content (AvgIpc) is 2.88. The Kier molecular flexibility index (Phi) is 4.01. The predicted molar refractivity (Wildman–Crippen MR) is 96.4 cm³/mol. The molecular weight excluding hydrogens is 320 g/mol. The van der Waals surface area contributed by atoms with Crippen LogP contribution in [0.2, 0.25) is 0 Å². The van der Waals surface area contributed by atoms with Gasteiger partial charge in [0.05, 0.1) is 5.76 Å². The number of fused-ring (bicyclic) bond motifs is 5. The maximum Gasteiger partial charge on any atom is 0.132 e. The van der Waals surface area contributed by atoms with Crippen LogP contribution in [0.3, 0.4) is 0 Å². The minimum atomic E-state index is -0.909. The van der Waals surface area contributed by atoms with Crippen molar-refractivity contribution in [3.63, 3.8) is 0 Å². The first-order valence-corrected chi connectivity index (χ1v) is 9.87. The molecule has 6 atom stereocenters. The molecule has 2 fully saturated rings. The van der Waals surface area contributed by atoms with Crippen molar-refractivity contribution in [2.24, 2.45) is 29.1 Å². The molecule has 2 saturated carbocycles. The molecule has 0 aromatic rings. The summed E-state index contributed by atoms with van der Waals surface area (Å²) >= 11 is 5.70. The molecule has 4 rings (SSSR count). The smallest absolute Gasteiger partial charge is 0.132 e. The quantitative estimate of drug-likeness (QED) is 0.661. The Hall–Kier alpha value is -0.910. The normalized spacial score (nSPS) is 46.6. The van der Waals surface area contributed by atoms with Crippen molar-refractivity contribution in [2.45, 2.75) is 63.9 Å². The van der Waals surface area contributed by atoms with Crippen molar-refractivity contribution in [1.29, 1.82) is 0 Å². The number of aliphatic hydroxyl groups excluding tert-OH is 1. The van der Waals surface area contributed by atoms with E-state index >= 15 is 0 Å². The second-order valence-electron chi connectivity index (χ2n) is 8.32. The number of halogens is 1. The van der Waals surface area contributed by atoms with Gasteiger partial charge in [-0.3, -0.25) is 0 Å². The molecule has 130 valence electrons. The Morgan fingerprint density at radius 1 is 1.25 bits per heavy atom. The van der Waals surface area contributed by atoms with E-state index in [9.17, 15) is 10.2 Å². The van der Waals surface area contributed by atoms with E-state index in [1.807, 2.05) is 6.08 Å². The van der Waals surface area contributed by atoms with Crippen molar-refractivity contribution in [3.05, 3.63) is 23.5 Å². The summed E-state index contributed by atoms with van der Waals surface area (Å²) in [6, 6.07) is 0. The lowest BCUT2D eigenvalue weighted by Gasteiger charge is -2.55. The van der Waals surface area contributed by atoms with Crippen LogP contribution in [0.15, 0.2) is 23.5 Å². The highest BCUT2D eigenvalue weighted by Gasteiger charge is 2.63. The molecule has 2 nitrogen and oxygen atoms in total. The lowest BCUT2D eigenvalue weighted by Crippen LogP contribution is -2.53. The second-order valence-corrected chi connectivity index (χ2v) is 8.51. The van der Waals surface area contributed by atoms with Gasteiger partial charge in [0.2, 0.25) is 0 Å². The molecule has 0 bridgehead atoms. The van der Waals surface area contributed by atoms with Gasteiger partial charge < -0.3 is 10.2 Å². The first-order valence-electron chi connectivity index (χ1n) is 9.49. The van der Waals surface area contributed by atoms with Crippen LogP contribution < -0.4 is 0 Å². The van der Waals surface area contributed by atoms with Crippen molar-refractivity contribution >= 4 is 11.6 Å². The monoisotopic (exact) mass is 346 g/mol. The molecule has 4 aliphatic carbocycles. The third kappa shape index (κ3) is 2.14. The van der Waals surface area contributed by atoms with Crippen LogP contribution in [0, 0.1) is 40.4 Å². The molecule has 0 radical (unpaired) electrons. The summed E-state index contributed by atoms with van der Waals surface area (Å²) in [6.45, 7) is 2.21. The largest absolute Gasteiger partial charge is 0.512 e. The van der Waals surface area contributed by atoms with E-state index in [-0.39, 0.29) is 5.41 Å². The molecule has 0 aliphatic heterocycles. The number of rotatable bonds is 1. The van der Waals surface area contributed by atoms with Gasteiger partial charge in [0.1, 0.15) is 5.60 Å². The maximum atomic E-state index is 11.3. The summed E-state index contributed by atoms with van der Waals surface area (Å²) in [4.78, 5) is 0. The summed E-state index contributed by atoms with van der Waals surface area (Å²) in [7, 11) is 0.